The fraction of sp³-hybridized carbons (Fsp3) is 0.194. The van der Waals surface area contributed by atoms with Crippen LogP contribution < -0.4 is 14.4 Å². The van der Waals surface area contributed by atoms with Crippen LogP contribution in [0.5, 0.6) is 11.5 Å². The van der Waals surface area contributed by atoms with Crippen molar-refractivity contribution in [2.24, 2.45) is 23.7 Å². The minimum absolute atomic E-state index is 0.204. The molecule has 0 unspecified atom stereocenters. The zero-order valence-electron chi connectivity index (χ0n) is 20.4. The van der Waals surface area contributed by atoms with Gasteiger partial charge < -0.3 is 9.47 Å². The summed E-state index contributed by atoms with van der Waals surface area (Å²) in [5, 5.41) is 9.58. The number of fused-ring (bicyclic) bond motifs is 5. The summed E-state index contributed by atoms with van der Waals surface area (Å²) in [5.74, 6) is -0.359. The van der Waals surface area contributed by atoms with Gasteiger partial charge in [0, 0.05) is 11.8 Å². The maximum Gasteiger partial charge on any atom is 0.238 e. The lowest BCUT2D eigenvalue weighted by Gasteiger charge is -2.22. The van der Waals surface area contributed by atoms with Crippen molar-refractivity contribution in [3.8, 4) is 17.6 Å². The van der Waals surface area contributed by atoms with Gasteiger partial charge in [0.2, 0.25) is 11.8 Å². The van der Waals surface area contributed by atoms with E-state index in [1.807, 2.05) is 48.5 Å². The Morgan fingerprint density at radius 2 is 1.24 bits per heavy atom. The van der Waals surface area contributed by atoms with E-state index in [1.54, 1.807) is 38.5 Å². The topological polar surface area (TPSA) is 79.6 Å². The Labute approximate surface area is 215 Å². The van der Waals surface area contributed by atoms with Crippen molar-refractivity contribution in [2.45, 2.75) is 0 Å². The Kier molecular flexibility index (Phi) is 5.42. The van der Waals surface area contributed by atoms with Crippen LogP contribution in [0.3, 0.4) is 0 Å². The molecule has 6 nitrogen and oxygen atoms in total. The van der Waals surface area contributed by atoms with Crippen molar-refractivity contribution in [2.75, 3.05) is 19.1 Å². The van der Waals surface area contributed by atoms with Gasteiger partial charge in [-0.1, -0.05) is 48.6 Å². The number of methoxy groups -OCH3 is 2. The van der Waals surface area contributed by atoms with E-state index in [1.165, 1.54) is 4.90 Å². The first-order chi connectivity index (χ1) is 18.1. The van der Waals surface area contributed by atoms with Crippen LogP contribution in [-0.2, 0) is 9.59 Å². The molecule has 2 amide bonds. The van der Waals surface area contributed by atoms with E-state index in [2.05, 4.69) is 18.2 Å². The predicted octanol–water partition coefficient (Wildman–Crippen LogP) is 5.00. The molecular weight excluding hydrogens is 464 g/mol. The normalized spacial score (nSPS) is 23.3. The number of para-hydroxylation sites is 1. The summed E-state index contributed by atoms with van der Waals surface area (Å²) >= 11 is 0. The lowest BCUT2D eigenvalue weighted by Crippen LogP contribution is -2.33. The molecule has 3 aliphatic rings. The van der Waals surface area contributed by atoms with Crippen LogP contribution in [0, 0.1) is 35.0 Å². The van der Waals surface area contributed by atoms with Crippen molar-refractivity contribution in [3.63, 3.8) is 0 Å². The maximum absolute atomic E-state index is 13.8. The molecule has 1 aliphatic heterocycles. The van der Waals surface area contributed by atoms with E-state index < -0.39 is 11.8 Å². The molecule has 0 radical (unpaired) electrons. The number of anilines is 1. The molecule has 0 aromatic heterocycles. The minimum atomic E-state index is -0.490. The number of rotatable bonds is 5. The van der Waals surface area contributed by atoms with Crippen LogP contribution in [0.15, 0.2) is 90.5 Å². The van der Waals surface area contributed by atoms with Crippen molar-refractivity contribution in [1.29, 1.82) is 5.26 Å². The standard InChI is InChI=1S/C31H24N2O4/c1-36-21-11-7-18(8-12-21)26(19-9-13-22(37-2)14-10-19)27-23-15-16-24(27)29-28(23)30(34)33(31(29)35)25-6-4-3-5-20(25)17-32/h3-16,23-24,28-29H,1-2H3/t23-,24-,28-,29-/m1/s1. The highest BCUT2D eigenvalue weighted by atomic mass is 16.5. The third kappa shape index (κ3) is 3.39. The molecule has 37 heavy (non-hydrogen) atoms. The van der Waals surface area contributed by atoms with Gasteiger partial charge in [0.15, 0.2) is 0 Å². The number of hydrogen-bond acceptors (Lipinski definition) is 5. The maximum atomic E-state index is 13.8. The number of ether oxygens (including phenoxy) is 2. The number of amides is 2. The van der Waals surface area contributed by atoms with Gasteiger partial charge in [-0.25, -0.2) is 4.90 Å². The van der Waals surface area contributed by atoms with Gasteiger partial charge in [-0.05, 0) is 58.7 Å². The summed E-state index contributed by atoms with van der Waals surface area (Å²) < 4.78 is 10.7. The first-order valence-corrected chi connectivity index (χ1v) is 12.2. The van der Waals surface area contributed by atoms with Crippen molar-refractivity contribution >= 4 is 23.1 Å². The summed E-state index contributed by atoms with van der Waals surface area (Å²) in [6, 6.07) is 24.6. The average Bonchev–Trinajstić information content (AvgIpc) is 3.58. The van der Waals surface area contributed by atoms with Crippen molar-refractivity contribution in [1.82, 2.24) is 0 Å². The molecule has 3 aromatic carbocycles. The molecular formula is C31H24N2O4. The van der Waals surface area contributed by atoms with Gasteiger partial charge in [0.05, 0.1) is 37.3 Å². The van der Waals surface area contributed by atoms with E-state index in [0.717, 1.165) is 33.8 Å². The second-order valence-electron chi connectivity index (χ2n) is 9.42. The Balaban J connectivity index is 1.48. The third-order valence-electron chi connectivity index (χ3n) is 7.73. The lowest BCUT2D eigenvalue weighted by atomic mass is 9.85. The molecule has 2 fully saturated rings. The minimum Gasteiger partial charge on any atom is -0.497 e. The molecule has 6 heteroatoms. The number of carbonyl (C=O) groups is 2. The number of benzene rings is 3. The molecule has 1 heterocycles. The van der Waals surface area contributed by atoms with Crippen LogP contribution in [0.25, 0.3) is 5.57 Å². The predicted molar refractivity (Wildman–Crippen MR) is 139 cm³/mol. The highest BCUT2D eigenvalue weighted by Gasteiger charge is 2.62. The van der Waals surface area contributed by atoms with Gasteiger partial charge in [-0.15, -0.1) is 0 Å². The first-order valence-electron chi connectivity index (χ1n) is 12.2. The average molecular weight is 489 g/mol. The van der Waals surface area contributed by atoms with E-state index in [0.29, 0.717) is 11.3 Å². The van der Waals surface area contributed by atoms with Crippen LogP contribution >= 0.6 is 0 Å². The molecule has 2 aliphatic carbocycles. The first kappa shape index (κ1) is 22.8. The summed E-state index contributed by atoms with van der Waals surface area (Å²) in [5.41, 5.74) is 4.77. The molecule has 182 valence electrons. The number of hydrogen-bond donors (Lipinski definition) is 0. The number of nitriles is 1. The smallest absolute Gasteiger partial charge is 0.238 e. The highest BCUT2D eigenvalue weighted by molar-refractivity contribution is 6.24. The Bertz CT molecular complexity index is 1430. The summed E-state index contributed by atoms with van der Waals surface area (Å²) in [7, 11) is 3.27. The monoisotopic (exact) mass is 488 g/mol. The van der Waals surface area contributed by atoms with Gasteiger partial charge in [0.1, 0.15) is 17.6 Å². The number of imide groups is 1. The Hall–Kier alpha value is -4.63. The molecule has 0 spiro atoms. The fourth-order valence-electron chi connectivity index (χ4n) is 6.11. The SMILES string of the molecule is COc1ccc(C(=C2[C@H]3C=C[C@H]2[C@H]2C(=O)N(c4ccccc4C#N)C(=O)[C@@H]23)c2ccc(OC)cc2)cc1. The molecule has 1 saturated heterocycles. The second-order valence-corrected chi connectivity index (χ2v) is 9.42. The molecule has 6 rings (SSSR count). The highest BCUT2D eigenvalue weighted by Crippen LogP contribution is 2.59. The fourth-order valence-corrected chi connectivity index (χ4v) is 6.11. The van der Waals surface area contributed by atoms with Crippen LogP contribution in [0.4, 0.5) is 5.69 Å². The zero-order valence-corrected chi connectivity index (χ0v) is 20.4. The molecule has 0 N–H and O–H groups in total. The Morgan fingerprint density at radius 3 is 1.70 bits per heavy atom. The molecule has 4 atom stereocenters. The summed E-state index contributed by atoms with van der Waals surface area (Å²) in [6.07, 6.45) is 4.14. The lowest BCUT2D eigenvalue weighted by molar-refractivity contribution is -0.122. The Morgan fingerprint density at radius 1 is 0.757 bits per heavy atom. The molecule has 1 saturated carbocycles. The molecule has 3 aromatic rings. The quantitative estimate of drug-likeness (QED) is 0.373. The van der Waals surface area contributed by atoms with Gasteiger partial charge >= 0.3 is 0 Å². The van der Waals surface area contributed by atoms with Crippen LogP contribution in [0.1, 0.15) is 16.7 Å². The van der Waals surface area contributed by atoms with E-state index >= 15 is 0 Å². The van der Waals surface area contributed by atoms with E-state index in [9.17, 15) is 14.9 Å². The summed E-state index contributed by atoms with van der Waals surface area (Å²) in [4.78, 5) is 28.8. The zero-order chi connectivity index (χ0) is 25.7. The summed E-state index contributed by atoms with van der Waals surface area (Å²) in [6.45, 7) is 0. The van der Waals surface area contributed by atoms with Gasteiger partial charge in [0.25, 0.3) is 0 Å². The number of nitrogens with zero attached hydrogens (tertiary/aromatic N) is 2. The van der Waals surface area contributed by atoms with Crippen molar-refractivity contribution < 1.29 is 19.1 Å². The van der Waals surface area contributed by atoms with Gasteiger partial charge in [-0.3, -0.25) is 9.59 Å². The second kappa shape index (κ2) is 8.79. The van der Waals surface area contributed by atoms with E-state index in [-0.39, 0.29) is 23.7 Å². The number of carbonyl (C=O) groups excluding carboxylic acids is 2. The van der Waals surface area contributed by atoms with E-state index in [4.69, 9.17) is 9.47 Å². The number of allylic oxidation sites excluding steroid dienone is 3. The van der Waals surface area contributed by atoms with Gasteiger partial charge in [-0.2, -0.15) is 5.26 Å². The van der Waals surface area contributed by atoms with Crippen LogP contribution in [-0.4, -0.2) is 26.0 Å². The van der Waals surface area contributed by atoms with Crippen molar-refractivity contribution in [3.05, 3.63) is 107 Å². The molecule has 2 bridgehead atoms. The van der Waals surface area contributed by atoms with Crippen LogP contribution in [0.2, 0.25) is 0 Å². The third-order valence-corrected chi connectivity index (χ3v) is 7.73. The largest absolute Gasteiger partial charge is 0.497 e.